The van der Waals surface area contributed by atoms with Crippen LogP contribution in [0.2, 0.25) is 0 Å². The third-order valence-electron chi connectivity index (χ3n) is 2.25. The van der Waals surface area contributed by atoms with Gasteiger partial charge in [-0.2, -0.15) is 0 Å². The van der Waals surface area contributed by atoms with Gasteiger partial charge in [-0.3, -0.25) is 0 Å². The minimum atomic E-state index is -0.405. The highest BCUT2D eigenvalue weighted by molar-refractivity contribution is 9.15. The molecule has 0 saturated carbocycles. The summed E-state index contributed by atoms with van der Waals surface area (Å²) in [5.74, 6) is -0.405. The molecule has 0 saturated heterocycles. The smallest absolute Gasteiger partial charge is 0.339 e. The summed E-state index contributed by atoms with van der Waals surface area (Å²) in [6, 6.07) is 0. The number of halogens is 4. The highest BCUT2D eigenvalue weighted by atomic mass is 79.9. The molecule has 0 N–H and O–H groups in total. The maximum atomic E-state index is 12.1. The molecule has 0 bridgehead atoms. The van der Waals surface area contributed by atoms with Crippen LogP contribution in [0.4, 0.5) is 0 Å². The molecule has 0 aliphatic carbocycles. The van der Waals surface area contributed by atoms with Gasteiger partial charge in [0.1, 0.15) is 6.61 Å². The first-order valence-electron chi connectivity index (χ1n) is 5.19. The number of hydrogen-bond donors (Lipinski definition) is 0. The lowest BCUT2D eigenvalue weighted by atomic mass is 10.0. The van der Waals surface area contributed by atoms with Crippen molar-refractivity contribution >= 4 is 69.7 Å². The van der Waals surface area contributed by atoms with E-state index in [1.807, 2.05) is 0 Å². The topological polar surface area (TPSA) is 26.3 Å². The van der Waals surface area contributed by atoms with Crippen molar-refractivity contribution in [2.45, 2.75) is 6.42 Å². The van der Waals surface area contributed by atoms with Crippen LogP contribution in [0.1, 0.15) is 15.9 Å². The van der Waals surface area contributed by atoms with Crippen LogP contribution < -0.4 is 0 Å². The van der Waals surface area contributed by atoms with Crippen molar-refractivity contribution in [2.24, 2.45) is 0 Å². The molecule has 0 radical (unpaired) electrons. The van der Waals surface area contributed by atoms with Gasteiger partial charge in [-0.05, 0) is 75.7 Å². The summed E-state index contributed by atoms with van der Waals surface area (Å²) in [4.78, 5) is 12.1. The van der Waals surface area contributed by atoms with E-state index >= 15 is 0 Å². The molecule has 102 valence electrons. The summed E-state index contributed by atoms with van der Waals surface area (Å²) in [6.07, 6.45) is 3.81. The molecule has 6 heteroatoms. The predicted octanol–water partition coefficient (Wildman–Crippen LogP) is 5.81. The summed E-state index contributed by atoms with van der Waals surface area (Å²) in [5, 5.41) is 0. The van der Waals surface area contributed by atoms with Gasteiger partial charge in [-0.1, -0.05) is 18.7 Å². The standard InChI is InChI=1S/C13H10Br4O2/c1-3-5-7-8(13(18)19-6-4-2)10(15)12(17)11(16)9(7)14/h3-4H,1-2,5-6H2. The maximum Gasteiger partial charge on any atom is 0.339 e. The molecular formula is C13H10Br4O2. The average Bonchev–Trinajstić information content (AvgIpc) is 2.40. The number of rotatable bonds is 5. The van der Waals surface area contributed by atoms with Gasteiger partial charge in [0.2, 0.25) is 0 Å². The second-order valence-electron chi connectivity index (χ2n) is 3.49. The highest BCUT2D eigenvalue weighted by Crippen LogP contribution is 2.42. The molecule has 0 aliphatic heterocycles. The molecule has 1 aromatic carbocycles. The molecule has 0 spiro atoms. The molecule has 2 nitrogen and oxygen atoms in total. The highest BCUT2D eigenvalue weighted by Gasteiger charge is 2.23. The number of carbonyl (C=O) groups excluding carboxylic acids is 1. The van der Waals surface area contributed by atoms with Crippen LogP contribution in [-0.4, -0.2) is 12.6 Å². The maximum absolute atomic E-state index is 12.1. The molecule has 0 amide bonds. The quantitative estimate of drug-likeness (QED) is 0.213. The number of hydrogen-bond acceptors (Lipinski definition) is 2. The molecule has 0 unspecified atom stereocenters. The summed E-state index contributed by atoms with van der Waals surface area (Å²) in [6.45, 7) is 7.41. The Morgan fingerprint density at radius 2 is 1.58 bits per heavy atom. The lowest BCUT2D eigenvalue weighted by molar-refractivity contribution is 0.0547. The first-order chi connectivity index (χ1) is 8.95. The zero-order valence-electron chi connectivity index (χ0n) is 9.81. The molecule has 0 aliphatic rings. The van der Waals surface area contributed by atoms with Crippen LogP contribution in [-0.2, 0) is 11.2 Å². The van der Waals surface area contributed by atoms with E-state index < -0.39 is 5.97 Å². The first kappa shape index (κ1) is 17.1. The van der Waals surface area contributed by atoms with Crippen LogP contribution in [0.5, 0.6) is 0 Å². The van der Waals surface area contributed by atoms with Gasteiger partial charge in [0, 0.05) is 17.9 Å². The largest absolute Gasteiger partial charge is 0.458 e. The minimum Gasteiger partial charge on any atom is -0.458 e. The number of carbonyl (C=O) groups is 1. The van der Waals surface area contributed by atoms with Gasteiger partial charge in [0.15, 0.2) is 0 Å². The van der Waals surface area contributed by atoms with Crippen molar-refractivity contribution in [3.8, 4) is 0 Å². The second-order valence-corrected chi connectivity index (χ2v) is 6.66. The van der Waals surface area contributed by atoms with E-state index in [1.54, 1.807) is 6.08 Å². The Morgan fingerprint density at radius 1 is 1.00 bits per heavy atom. The van der Waals surface area contributed by atoms with Crippen molar-refractivity contribution in [1.82, 2.24) is 0 Å². The Morgan fingerprint density at radius 3 is 2.11 bits per heavy atom. The van der Waals surface area contributed by atoms with Crippen molar-refractivity contribution in [3.05, 3.63) is 54.3 Å². The lowest BCUT2D eigenvalue weighted by Gasteiger charge is -2.15. The first-order valence-corrected chi connectivity index (χ1v) is 8.36. The molecule has 19 heavy (non-hydrogen) atoms. The molecule has 1 aromatic rings. The summed E-state index contributed by atoms with van der Waals surface area (Å²) in [7, 11) is 0. The zero-order chi connectivity index (χ0) is 14.6. The fraction of sp³-hybridized carbons (Fsp3) is 0.154. The average molecular weight is 518 g/mol. The molecule has 0 aromatic heterocycles. The summed E-state index contributed by atoms with van der Waals surface area (Å²) in [5.41, 5.74) is 1.29. The van der Waals surface area contributed by atoms with Crippen molar-refractivity contribution in [2.75, 3.05) is 6.61 Å². The summed E-state index contributed by atoms with van der Waals surface area (Å²) >= 11 is 13.8. The van der Waals surface area contributed by atoms with Gasteiger partial charge in [-0.25, -0.2) is 4.79 Å². The van der Waals surface area contributed by atoms with Crippen LogP contribution in [0.15, 0.2) is 43.2 Å². The minimum absolute atomic E-state index is 0.171. The molecule has 0 heterocycles. The summed E-state index contributed by atoms with van der Waals surface area (Å²) < 4.78 is 8.14. The molecule has 0 atom stereocenters. The fourth-order valence-electron chi connectivity index (χ4n) is 1.43. The molecular weight excluding hydrogens is 508 g/mol. The van der Waals surface area contributed by atoms with Crippen LogP contribution in [0.25, 0.3) is 0 Å². The van der Waals surface area contributed by atoms with Gasteiger partial charge in [0.25, 0.3) is 0 Å². The van der Waals surface area contributed by atoms with E-state index in [9.17, 15) is 4.79 Å². The van der Waals surface area contributed by atoms with E-state index in [-0.39, 0.29) is 6.61 Å². The normalized spacial score (nSPS) is 10.1. The predicted molar refractivity (Wildman–Crippen MR) is 91.6 cm³/mol. The number of allylic oxidation sites excluding steroid dienone is 1. The van der Waals surface area contributed by atoms with Crippen LogP contribution >= 0.6 is 63.7 Å². The van der Waals surface area contributed by atoms with E-state index in [1.165, 1.54) is 6.08 Å². The SMILES string of the molecule is C=CCOC(=O)c1c(Br)c(Br)c(Br)c(Br)c1CC=C. The lowest BCUT2D eigenvalue weighted by Crippen LogP contribution is -2.11. The van der Waals surface area contributed by atoms with Crippen molar-refractivity contribution < 1.29 is 9.53 Å². The monoisotopic (exact) mass is 514 g/mol. The Bertz CT molecular complexity index is 538. The van der Waals surface area contributed by atoms with E-state index in [2.05, 4.69) is 76.9 Å². The van der Waals surface area contributed by atoms with Gasteiger partial charge in [-0.15, -0.1) is 6.58 Å². The van der Waals surface area contributed by atoms with Gasteiger partial charge in [0.05, 0.1) is 5.56 Å². The Hall–Kier alpha value is 0.0900. The van der Waals surface area contributed by atoms with Crippen molar-refractivity contribution in [1.29, 1.82) is 0 Å². The number of ether oxygens (including phenoxy) is 1. The fourth-order valence-corrected chi connectivity index (χ4v) is 3.96. The molecule has 0 fully saturated rings. The van der Waals surface area contributed by atoms with E-state index in [4.69, 9.17) is 4.74 Å². The van der Waals surface area contributed by atoms with E-state index in [0.29, 0.717) is 16.5 Å². The number of esters is 1. The van der Waals surface area contributed by atoms with Crippen molar-refractivity contribution in [3.63, 3.8) is 0 Å². The van der Waals surface area contributed by atoms with Gasteiger partial charge >= 0.3 is 5.97 Å². The third-order valence-corrected chi connectivity index (χ3v) is 7.10. The Labute approximate surface area is 145 Å². The second kappa shape index (κ2) is 7.76. The van der Waals surface area contributed by atoms with Crippen LogP contribution in [0.3, 0.4) is 0 Å². The Balaban J connectivity index is 3.46. The number of benzene rings is 1. The Kier molecular flexibility index (Phi) is 7.00. The van der Waals surface area contributed by atoms with Gasteiger partial charge < -0.3 is 4.74 Å². The zero-order valence-corrected chi connectivity index (χ0v) is 16.2. The third kappa shape index (κ3) is 3.80. The van der Waals surface area contributed by atoms with E-state index in [0.717, 1.165) is 19.0 Å². The van der Waals surface area contributed by atoms with Crippen LogP contribution in [0, 0.1) is 0 Å². The molecule has 1 rings (SSSR count).